The van der Waals surface area contributed by atoms with Crippen LogP contribution in [0.5, 0.6) is 0 Å². The summed E-state index contributed by atoms with van der Waals surface area (Å²) in [5, 5.41) is 16.6. The van der Waals surface area contributed by atoms with E-state index in [4.69, 9.17) is 15.6 Å². The Morgan fingerprint density at radius 3 is 2.45 bits per heavy atom. The number of H-pyrrole nitrogens is 1. The predicted octanol–water partition coefficient (Wildman–Crippen LogP) is 2.38. The summed E-state index contributed by atoms with van der Waals surface area (Å²) in [5.74, 6) is -2.35. The molecule has 6 nitrogen and oxygen atoms in total. The lowest BCUT2D eigenvalue weighted by atomic mass is 10.2. The SMILES string of the molecule is NCc1cc(F)cc(Nc2ccn[nH]2)c1.O=C(O)C(F)(F)F. The van der Waals surface area contributed by atoms with Crippen molar-refractivity contribution in [2.45, 2.75) is 12.7 Å². The number of carbonyl (C=O) groups is 1. The second kappa shape index (κ2) is 7.41. The van der Waals surface area contributed by atoms with Gasteiger partial charge < -0.3 is 16.2 Å². The van der Waals surface area contributed by atoms with Gasteiger partial charge >= 0.3 is 12.1 Å². The van der Waals surface area contributed by atoms with E-state index >= 15 is 0 Å². The van der Waals surface area contributed by atoms with Crippen molar-refractivity contribution in [3.05, 3.63) is 41.8 Å². The molecule has 2 rings (SSSR count). The highest BCUT2D eigenvalue weighted by atomic mass is 19.4. The Morgan fingerprint density at radius 1 is 1.36 bits per heavy atom. The Morgan fingerprint density at radius 2 is 2.00 bits per heavy atom. The largest absolute Gasteiger partial charge is 0.490 e. The number of rotatable bonds is 3. The molecule has 22 heavy (non-hydrogen) atoms. The summed E-state index contributed by atoms with van der Waals surface area (Å²) in [5.41, 5.74) is 6.85. The van der Waals surface area contributed by atoms with E-state index < -0.39 is 12.1 Å². The van der Waals surface area contributed by atoms with Crippen LogP contribution in [0.25, 0.3) is 0 Å². The lowest BCUT2D eigenvalue weighted by molar-refractivity contribution is -0.192. The van der Waals surface area contributed by atoms with Gasteiger partial charge in [0.05, 0.1) is 6.20 Å². The molecule has 0 amide bonds. The van der Waals surface area contributed by atoms with Crippen molar-refractivity contribution in [3.8, 4) is 0 Å². The third-order valence-corrected chi connectivity index (χ3v) is 2.22. The van der Waals surface area contributed by atoms with Crippen LogP contribution in [0.2, 0.25) is 0 Å². The van der Waals surface area contributed by atoms with E-state index in [0.717, 1.165) is 5.56 Å². The number of alkyl halides is 3. The molecule has 0 fully saturated rings. The summed E-state index contributed by atoms with van der Waals surface area (Å²) in [6.07, 6.45) is -3.47. The molecule has 1 aromatic carbocycles. The number of anilines is 2. The van der Waals surface area contributed by atoms with Gasteiger partial charge in [0.2, 0.25) is 0 Å². The Kier molecular flexibility index (Phi) is 5.87. The van der Waals surface area contributed by atoms with E-state index in [-0.39, 0.29) is 5.82 Å². The number of nitrogens with one attached hydrogen (secondary N) is 2. The molecular formula is C12H12F4N4O2. The van der Waals surface area contributed by atoms with Gasteiger partial charge in [-0.1, -0.05) is 0 Å². The fourth-order valence-corrected chi connectivity index (χ4v) is 1.32. The van der Waals surface area contributed by atoms with Crippen molar-refractivity contribution in [2.75, 3.05) is 5.32 Å². The first-order chi connectivity index (χ1) is 10.2. The van der Waals surface area contributed by atoms with E-state index in [1.165, 1.54) is 12.1 Å². The number of benzene rings is 1. The van der Waals surface area contributed by atoms with Crippen molar-refractivity contribution in [3.63, 3.8) is 0 Å². The molecule has 0 saturated heterocycles. The van der Waals surface area contributed by atoms with E-state index in [1.54, 1.807) is 18.3 Å². The van der Waals surface area contributed by atoms with Crippen molar-refractivity contribution >= 4 is 17.5 Å². The lowest BCUT2D eigenvalue weighted by Crippen LogP contribution is -2.21. The zero-order valence-electron chi connectivity index (χ0n) is 11.0. The summed E-state index contributed by atoms with van der Waals surface area (Å²) in [6, 6.07) is 6.37. The second-order valence-corrected chi connectivity index (χ2v) is 3.95. The summed E-state index contributed by atoms with van der Waals surface area (Å²) < 4.78 is 44.9. The Labute approximate surface area is 121 Å². The van der Waals surface area contributed by atoms with Crippen LogP contribution in [0.4, 0.5) is 29.1 Å². The molecule has 0 bridgehead atoms. The molecule has 0 radical (unpaired) electrons. The van der Waals surface area contributed by atoms with Crippen LogP contribution in [-0.4, -0.2) is 27.4 Å². The maximum Gasteiger partial charge on any atom is 0.490 e. The van der Waals surface area contributed by atoms with Crippen LogP contribution >= 0.6 is 0 Å². The first kappa shape index (κ1) is 17.4. The summed E-state index contributed by atoms with van der Waals surface area (Å²) in [7, 11) is 0. The number of nitrogens with two attached hydrogens (primary N) is 1. The van der Waals surface area contributed by atoms with Crippen molar-refractivity contribution in [2.24, 2.45) is 5.73 Å². The predicted molar refractivity (Wildman–Crippen MR) is 69.9 cm³/mol. The molecule has 0 saturated carbocycles. The molecular weight excluding hydrogens is 308 g/mol. The van der Waals surface area contributed by atoms with Gasteiger partial charge in [0.25, 0.3) is 0 Å². The standard InChI is InChI=1S/C10H11FN4.C2HF3O2/c11-8-3-7(6-12)4-9(5-8)14-10-1-2-13-15-10;3-2(4,5)1(6)7/h1-5H,6,12H2,(H2,13,14,15);(H,6,7). The number of nitrogens with zero attached hydrogens (tertiary/aromatic N) is 1. The van der Waals surface area contributed by atoms with Crippen molar-refractivity contribution in [1.29, 1.82) is 0 Å². The minimum atomic E-state index is -5.08. The van der Waals surface area contributed by atoms with Crippen LogP contribution in [0.15, 0.2) is 30.5 Å². The number of aromatic amines is 1. The number of halogens is 4. The Balaban J connectivity index is 0.000000295. The molecule has 0 spiro atoms. The number of aromatic nitrogens is 2. The maximum absolute atomic E-state index is 13.1. The molecule has 1 heterocycles. The Bertz CT molecular complexity index is 614. The van der Waals surface area contributed by atoms with Gasteiger partial charge in [-0.05, 0) is 23.8 Å². The molecule has 0 atom stereocenters. The monoisotopic (exact) mass is 320 g/mol. The third-order valence-electron chi connectivity index (χ3n) is 2.22. The van der Waals surface area contributed by atoms with Crippen LogP contribution in [-0.2, 0) is 11.3 Å². The van der Waals surface area contributed by atoms with Crippen molar-refractivity contribution < 1.29 is 27.5 Å². The van der Waals surface area contributed by atoms with Gasteiger partial charge in [0.1, 0.15) is 11.6 Å². The maximum atomic E-state index is 13.1. The number of hydrogen-bond acceptors (Lipinski definition) is 4. The zero-order valence-corrected chi connectivity index (χ0v) is 11.0. The minimum Gasteiger partial charge on any atom is -0.475 e. The van der Waals surface area contributed by atoms with E-state index in [0.29, 0.717) is 18.1 Å². The van der Waals surface area contributed by atoms with E-state index in [2.05, 4.69) is 15.5 Å². The van der Waals surface area contributed by atoms with Gasteiger partial charge in [0.15, 0.2) is 0 Å². The number of aliphatic carboxylic acids is 1. The van der Waals surface area contributed by atoms with Crippen molar-refractivity contribution in [1.82, 2.24) is 10.2 Å². The highest BCUT2D eigenvalue weighted by Gasteiger charge is 2.38. The highest BCUT2D eigenvalue weighted by Crippen LogP contribution is 2.17. The molecule has 5 N–H and O–H groups in total. The third kappa shape index (κ3) is 5.79. The van der Waals surface area contributed by atoms with Crippen LogP contribution in [0, 0.1) is 5.82 Å². The Hall–Kier alpha value is -2.62. The molecule has 0 aliphatic carbocycles. The second-order valence-electron chi connectivity index (χ2n) is 3.95. The first-order valence-electron chi connectivity index (χ1n) is 5.78. The molecule has 0 aliphatic heterocycles. The average Bonchev–Trinajstić information content (AvgIpc) is 2.90. The number of carboxylic acid groups (broad SMARTS) is 1. The van der Waals surface area contributed by atoms with E-state index in [1.807, 2.05) is 0 Å². The van der Waals surface area contributed by atoms with Gasteiger partial charge in [0, 0.05) is 18.3 Å². The molecule has 10 heteroatoms. The fraction of sp³-hybridized carbons (Fsp3) is 0.167. The molecule has 0 unspecified atom stereocenters. The smallest absolute Gasteiger partial charge is 0.475 e. The minimum absolute atomic E-state index is 0.306. The van der Waals surface area contributed by atoms with Gasteiger partial charge in [-0.3, -0.25) is 5.10 Å². The van der Waals surface area contributed by atoms with Gasteiger partial charge in [-0.2, -0.15) is 18.3 Å². The number of hydrogen-bond donors (Lipinski definition) is 4. The topological polar surface area (TPSA) is 104 Å². The van der Waals surface area contributed by atoms with Crippen LogP contribution in [0.1, 0.15) is 5.56 Å². The quantitative estimate of drug-likeness (QED) is 0.650. The lowest BCUT2D eigenvalue weighted by Gasteiger charge is -2.05. The summed E-state index contributed by atoms with van der Waals surface area (Å²) in [6.45, 7) is 0.315. The highest BCUT2D eigenvalue weighted by molar-refractivity contribution is 5.73. The van der Waals surface area contributed by atoms with Crippen LogP contribution < -0.4 is 11.1 Å². The fourth-order valence-electron chi connectivity index (χ4n) is 1.32. The molecule has 1 aromatic heterocycles. The average molecular weight is 320 g/mol. The normalized spacial score (nSPS) is 10.6. The van der Waals surface area contributed by atoms with Gasteiger partial charge in [-0.25, -0.2) is 9.18 Å². The zero-order chi connectivity index (χ0) is 16.8. The van der Waals surface area contributed by atoms with E-state index in [9.17, 15) is 17.6 Å². The summed E-state index contributed by atoms with van der Waals surface area (Å²) >= 11 is 0. The molecule has 120 valence electrons. The first-order valence-corrected chi connectivity index (χ1v) is 5.78. The number of carboxylic acids is 1. The summed E-state index contributed by atoms with van der Waals surface area (Å²) in [4.78, 5) is 8.90. The van der Waals surface area contributed by atoms with Crippen LogP contribution in [0.3, 0.4) is 0 Å². The van der Waals surface area contributed by atoms with Gasteiger partial charge in [-0.15, -0.1) is 0 Å². The molecule has 0 aliphatic rings. The molecule has 2 aromatic rings.